The number of amides is 3. The molecule has 0 saturated carbocycles. The molecule has 0 aliphatic carbocycles. The van der Waals surface area contributed by atoms with Gasteiger partial charge < -0.3 is 16.4 Å². The van der Waals surface area contributed by atoms with Crippen LogP contribution in [0.5, 0.6) is 0 Å². The van der Waals surface area contributed by atoms with Gasteiger partial charge in [0.2, 0.25) is 5.91 Å². The summed E-state index contributed by atoms with van der Waals surface area (Å²) in [5.74, 6) is -0.310. The number of nitrogens with one attached hydrogen (secondary N) is 2. The van der Waals surface area contributed by atoms with Gasteiger partial charge in [-0.15, -0.1) is 0 Å². The number of aryl methyl sites for hydroxylation is 1. The third-order valence-electron chi connectivity index (χ3n) is 2.69. The summed E-state index contributed by atoms with van der Waals surface area (Å²) in [6, 6.07) is 4.39. The maximum Gasteiger partial charge on any atom is 0.312 e. The number of carbonyl (C=O) groups is 2. The van der Waals surface area contributed by atoms with E-state index in [9.17, 15) is 9.59 Å². The minimum atomic E-state index is -0.701. The van der Waals surface area contributed by atoms with Crippen LogP contribution in [0.2, 0.25) is 0 Å². The second-order valence-electron chi connectivity index (χ2n) is 4.68. The summed E-state index contributed by atoms with van der Waals surface area (Å²) in [6.45, 7) is 5.62. The number of benzene rings is 1. The molecule has 0 aliphatic heterocycles. The van der Waals surface area contributed by atoms with Crippen LogP contribution in [0.15, 0.2) is 18.2 Å². The van der Waals surface area contributed by atoms with Crippen molar-refractivity contribution in [2.45, 2.75) is 26.8 Å². The standard InChI is InChI=1S/C13H18IN3O2/c1-7(2)11(17-13(15)19)12(18)16-10-5-4-9(14)6-8(10)3/h4-7,11H,1-3H3,(H,16,18)(H3,15,17,19). The summed E-state index contributed by atoms with van der Waals surface area (Å²) in [7, 11) is 0. The smallest absolute Gasteiger partial charge is 0.312 e. The number of hydrogen-bond acceptors (Lipinski definition) is 2. The molecule has 0 aliphatic rings. The van der Waals surface area contributed by atoms with Crippen molar-refractivity contribution in [1.82, 2.24) is 5.32 Å². The number of rotatable bonds is 4. The zero-order valence-corrected chi connectivity index (χ0v) is 13.3. The van der Waals surface area contributed by atoms with Gasteiger partial charge in [-0.1, -0.05) is 13.8 Å². The molecule has 1 aromatic carbocycles. The molecule has 0 saturated heterocycles. The van der Waals surface area contributed by atoms with Gasteiger partial charge >= 0.3 is 6.03 Å². The molecular weight excluding hydrogens is 357 g/mol. The molecule has 0 aromatic heterocycles. The summed E-state index contributed by atoms with van der Waals surface area (Å²) >= 11 is 2.21. The lowest BCUT2D eigenvalue weighted by Crippen LogP contribution is -2.49. The molecule has 0 bridgehead atoms. The van der Waals surface area contributed by atoms with Crippen LogP contribution in [0.25, 0.3) is 0 Å². The molecule has 104 valence electrons. The molecule has 19 heavy (non-hydrogen) atoms. The highest BCUT2D eigenvalue weighted by atomic mass is 127. The molecule has 0 radical (unpaired) electrons. The molecule has 0 fully saturated rings. The summed E-state index contributed by atoms with van der Waals surface area (Å²) in [4.78, 5) is 23.1. The van der Waals surface area contributed by atoms with Gasteiger partial charge in [-0.3, -0.25) is 4.79 Å². The number of anilines is 1. The van der Waals surface area contributed by atoms with E-state index in [4.69, 9.17) is 5.73 Å². The predicted molar refractivity (Wildman–Crippen MR) is 83.9 cm³/mol. The summed E-state index contributed by atoms with van der Waals surface area (Å²) < 4.78 is 1.10. The topological polar surface area (TPSA) is 84.2 Å². The number of carbonyl (C=O) groups excluding carboxylic acids is 2. The van der Waals surface area contributed by atoms with E-state index >= 15 is 0 Å². The first-order chi connectivity index (χ1) is 8.81. The van der Waals surface area contributed by atoms with Crippen molar-refractivity contribution in [3.05, 3.63) is 27.3 Å². The van der Waals surface area contributed by atoms with Crippen molar-refractivity contribution < 1.29 is 9.59 Å². The highest BCUT2D eigenvalue weighted by molar-refractivity contribution is 14.1. The summed E-state index contributed by atoms with van der Waals surface area (Å²) in [6.07, 6.45) is 0. The Bertz CT molecular complexity index is 489. The average molecular weight is 375 g/mol. The normalized spacial score (nSPS) is 12.1. The second-order valence-corrected chi connectivity index (χ2v) is 5.92. The lowest BCUT2D eigenvalue weighted by Gasteiger charge is -2.21. The number of primary amides is 1. The van der Waals surface area contributed by atoms with E-state index in [-0.39, 0.29) is 11.8 Å². The zero-order chi connectivity index (χ0) is 14.6. The molecule has 0 spiro atoms. The number of halogens is 1. The van der Waals surface area contributed by atoms with Crippen LogP contribution in [0.1, 0.15) is 19.4 Å². The Morgan fingerprint density at radius 1 is 1.32 bits per heavy atom. The van der Waals surface area contributed by atoms with E-state index in [0.717, 1.165) is 14.8 Å². The average Bonchev–Trinajstić information content (AvgIpc) is 2.29. The lowest BCUT2D eigenvalue weighted by atomic mass is 10.0. The van der Waals surface area contributed by atoms with Gasteiger partial charge in [-0.2, -0.15) is 0 Å². The van der Waals surface area contributed by atoms with Gasteiger partial charge in [0.25, 0.3) is 0 Å². The Kier molecular flexibility index (Phi) is 5.59. The first-order valence-corrected chi connectivity index (χ1v) is 7.02. The molecule has 1 unspecified atom stereocenters. The molecule has 1 rings (SSSR count). The van der Waals surface area contributed by atoms with Crippen molar-refractivity contribution in [1.29, 1.82) is 0 Å². The van der Waals surface area contributed by atoms with Crippen LogP contribution in [-0.2, 0) is 4.79 Å². The summed E-state index contributed by atoms with van der Waals surface area (Å²) in [5.41, 5.74) is 6.79. The van der Waals surface area contributed by atoms with Crippen LogP contribution >= 0.6 is 22.6 Å². The molecular formula is C13H18IN3O2. The van der Waals surface area contributed by atoms with Crippen LogP contribution in [0.4, 0.5) is 10.5 Å². The highest BCUT2D eigenvalue weighted by Crippen LogP contribution is 2.18. The van der Waals surface area contributed by atoms with Crippen LogP contribution in [0.3, 0.4) is 0 Å². The van der Waals surface area contributed by atoms with Gasteiger partial charge in [-0.25, -0.2) is 4.79 Å². The quantitative estimate of drug-likeness (QED) is 0.706. The van der Waals surface area contributed by atoms with E-state index in [1.165, 1.54) is 0 Å². The van der Waals surface area contributed by atoms with Gasteiger partial charge in [0, 0.05) is 9.26 Å². The number of urea groups is 1. The van der Waals surface area contributed by atoms with E-state index < -0.39 is 12.1 Å². The van der Waals surface area contributed by atoms with E-state index in [2.05, 4.69) is 33.2 Å². The molecule has 6 heteroatoms. The maximum atomic E-state index is 12.1. The highest BCUT2D eigenvalue weighted by Gasteiger charge is 2.23. The van der Waals surface area contributed by atoms with Crippen LogP contribution < -0.4 is 16.4 Å². The third kappa shape index (κ3) is 4.70. The van der Waals surface area contributed by atoms with E-state index in [0.29, 0.717) is 0 Å². The number of nitrogens with two attached hydrogens (primary N) is 1. The lowest BCUT2D eigenvalue weighted by molar-refractivity contribution is -0.118. The molecule has 0 heterocycles. The van der Waals surface area contributed by atoms with Gasteiger partial charge in [-0.05, 0) is 59.2 Å². The minimum Gasteiger partial charge on any atom is -0.352 e. The molecule has 5 nitrogen and oxygen atoms in total. The monoisotopic (exact) mass is 375 g/mol. The fraction of sp³-hybridized carbons (Fsp3) is 0.385. The van der Waals surface area contributed by atoms with E-state index in [1.807, 2.05) is 39.0 Å². The SMILES string of the molecule is Cc1cc(I)ccc1NC(=O)C(NC(N)=O)C(C)C. The number of hydrogen-bond donors (Lipinski definition) is 3. The summed E-state index contributed by atoms with van der Waals surface area (Å²) in [5, 5.41) is 5.27. The van der Waals surface area contributed by atoms with Crippen LogP contribution in [-0.4, -0.2) is 18.0 Å². The van der Waals surface area contributed by atoms with Crippen molar-refractivity contribution in [2.24, 2.45) is 11.7 Å². The Morgan fingerprint density at radius 2 is 1.95 bits per heavy atom. The van der Waals surface area contributed by atoms with Gasteiger partial charge in [0.05, 0.1) is 0 Å². The molecule has 4 N–H and O–H groups in total. The molecule has 1 atom stereocenters. The Hall–Kier alpha value is -1.31. The Morgan fingerprint density at radius 3 is 2.42 bits per heavy atom. The largest absolute Gasteiger partial charge is 0.352 e. The minimum absolute atomic E-state index is 0.0448. The van der Waals surface area contributed by atoms with Gasteiger partial charge in [0.1, 0.15) is 6.04 Å². The Balaban J connectivity index is 2.84. The molecule has 1 aromatic rings. The van der Waals surface area contributed by atoms with Crippen LogP contribution in [0, 0.1) is 16.4 Å². The second kappa shape index (κ2) is 6.74. The maximum absolute atomic E-state index is 12.1. The van der Waals surface area contributed by atoms with Crippen molar-refractivity contribution in [3.63, 3.8) is 0 Å². The van der Waals surface area contributed by atoms with Crippen molar-refractivity contribution >= 4 is 40.2 Å². The fourth-order valence-electron chi connectivity index (χ4n) is 1.67. The zero-order valence-electron chi connectivity index (χ0n) is 11.2. The van der Waals surface area contributed by atoms with E-state index in [1.54, 1.807) is 0 Å². The predicted octanol–water partition coefficient (Wildman–Crippen LogP) is 2.23. The Labute approximate surface area is 126 Å². The first-order valence-electron chi connectivity index (χ1n) is 5.94. The fourth-order valence-corrected chi connectivity index (χ4v) is 2.31. The van der Waals surface area contributed by atoms with Gasteiger partial charge in [0.15, 0.2) is 0 Å². The van der Waals surface area contributed by atoms with Crippen molar-refractivity contribution in [3.8, 4) is 0 Å². The first kappa shape index (κ1) is 15.7. The third-order valence-corrected chi connectivity index (χ3v) is 3.36. The van der Waals surface area contributed by atoms with Crippen molar-refractivity contribution in [2.75, 3.05) is 5.32 Å². The molecule has 3 amide bonds.